The van der Waals surface area contributed by atoms with Crippen LogP contribution in [0, 0.1) is 0 Å². The third-order valence-corrected chi connectivity index (χ3v) is 6.43. The molecule has 0 radical (unpaired) electrons. The molecule has 0 fully saturated rings. The highest BCUT2D eigenvalue weighted by atomic mass is 79.9. The molecule has 124 valence electrons. The van der Waals surface area contributed by atoms with Crippen molar-refractivity contribution in [3.63, 3.8) is 0 Å². The van der Waals surface area contributed by atoms with E-state index in [0.29, 0.717) is 0 Å². The first-order valence-electron chi connectivity index (χ1n) is 8.56. The van der Waals surface area contributed by atoms with E-state index in [1.165, 1.54) is 42.4 Å². The summed E-state index contributed by atoms with van der Waals surface area (Å²) in [7, 11) is 0. The third kappa shape index (κ3) is 2.66. The van der Waals surface area contributed by atoms with E-state index >= 15 is 0 Å². The Balaban J connectivity index is 1.70. The first-order chi connectivity index (χ1) is 12.8. The van der Waals surface area contributed by atoms with Crippen molar-refractivity contribution in [3.8, 4) is 22.3 Å². The number of thiophene rings is 1. The number of rotatable bonds is 2. The second-order valence-electron chi connectivity index (χ2n) is 6.36. The van der Waals surface area contributed by atoms with Crippen molar-refractivity contribution in [2.75, 3.05) is 0 Å². The minimum Gasteiger partial charge on any atom is -0.135 e. The topological polar surface area (TPSA) is 0 Å². The molecule has 0 atom stereocenters. The molecule has 0 unspecified atom stereocenters. The van der Waals surface area contributed by atoms with Crippen molar-refractivity contribution in [2.45, 2.75) is 0 Å². The van der Waals surface area contributed by atoms with Crippen LogP contribution < -0.4 is 0 Å². The lowest BCUT2D eigenvalue weighted by atomic mass is 9.94. The molecule has 4 aromatic carbocycles. The van der Waals surface area contributed by atoms with E-state index in [9.17, 15) is 0 Å². The normalized spacial score (nSPS) is 11.3. The maximum atomic E-state index is 3.53. The molecule has 0 spiro atoms. The Labute approximate surface area is 164 Å². The summed E-state index contributed by atoms with van der Waals surface area (Å²) in [5, 5.41) is 2.69. The largest absolute Gasteiger partial charge is 0.135 e. The van der Waals surface area contributed by atoms with Gasteiger partial charge in [0, 0.05) is 24.6 Å². The van der Waals surface area contributed by atoms with Gasteiger partial charge in [-0.2, -0.15) is 0 Å². The summed E-state index contributed by atoms with van der Waals surface area (Å²) in [5.74, 6) is 0. The fourth-order valence-corrected chi connectivity index (χ4v) is 4.92. The van der Waals surface area contributed by atoms with Crippen molar-refractivity contribution in [3.05, 3.63) is 95.5 Å². The van der Waals surface area contributed by atoms with E-state index < -0.39 is 0 Å². The van der Waals surface area contributed by atoms with Gasteiger partial charge in [0.1, 0.15) is 0 Å². The number of halogens is 1. The molecule has 5 aromatic rings. The Morgan fingerprint density at radius 1 is 0.538 bits per heavy atom. The van der Waals surface area contributed by atoms with E-state index in [4.69, 9.17) is 0 Å². The van der Waals surface area contributed by atoms with Crippen LogP contribution in [0.15, 0.2) is 95.5 Å². The summed E-state index contributed by atoms with van der Waals surface area (Å²) < 4.78 is 3.79. The Kier molecular flexibility index (Phi) is 3.88. The van der Waals surface area contributed by atoms with Crippen LogP contribution in [-0.4, -0.2) is 0 Å². The molecule has 0 aliphatic carbocycles. The van der Waals surface area contributed by atoms with Crippen LogP contribution in [0.25, 0.3) is 42.4 Å². The van der Waals surface area contributed by atoms with E-state index in [-0.39, 0.29) is 0 Å². The zero-order valence-electron chi connectivity index (χ0n) is 13.9. The van der Waals surface area contributed by atoms with Crippen LogP contribution in [0.1, 0.15) is 0 Å². The van der Waals surface area contributed by atoms with Crippen LogP contribution in [0.3, 0.4) is 0 Å². The van der Waals surface area contributed by atoms with Crippen molar-refractivity contribution in [2.24, 2.45) is 0 Å². The lowest BCUT2D eigenvalue weighted by molar-refractivity contribution is 1.58. The minimum absolute atomic E-state index is 1.10. The summed E-state index contributed by atoms with van der Waals surface area (Å²) in [4.78, 5) is 0. The van der Waals surface area contributed by atoms with Gasteiger partial charge in [0.2, 0.25) is 0 Å². The van der Waals surface area contributed by atoms with Gasteiger partial charge in [-0.1, -0.05) is 82.7 Å². The smallest absolute Gasteiger partial charge is 0.0361 e. The van der Waals surface area contributed by atoms with Gasteiger partial charge in [0.15, 0.2) is 0 Å². The molecule has 2 heteroatoms. The SMILES string of the molecule is Brc1ccc(-c2ccccc2-c2ccc3c(c2)sc2ccccc23)cc1. The number of hydrogen-bond donors (Lipinski definition) is 0. The van der Waals surface area contributed by atoms with Crippen LogP contribution in [0.5, 0.6) is 0 Å². The summed E-state index contributed by atoms with van der Waals surface area (Å²) >= 11 is 5.39. The summed E-state index contributed by atoms with van der Waals surface area (Å²) in [6.45, 7) is 0. The predicted octanol–water partition coefficient (Wildman–Crippen LogP) is 8.15. The molecule has 0 N–H and O–H groups in total. The molecule has 5 rings (SSSR count). The van der Waals surface area contributed by atoms with Crippen molar-refractivity contribution in [1.82, 2.24) is 0 Å². The van der Waals surface area contributed by atoms with Crippen molar-refractivity contribution in [1.29, 1.82) is 0 Å². The monoisotopic (exact) mass is 414 g/mol. The highest BCUT2D eigenvalue weighted by Crippen LogP contribution is 2.38. The van der Waals surface area contributed by atoms with Gasteiger partial charge in [-0.3, -0.25) is 0 Å². The quantitative estimate of drug-likeness (QED) is 0.273. The summed E-state index contributed by atoms with van der Waals surface area (Å²) in [6.07, 6.45) is 0. The highest BCUT2D eigenvalue weighted by Gasteiger charge is 2.10. The van der Waals surface area contributed by atoms with Crippen LogP contribution in [0.2, 0.25) is 0 Å². The fourth-order valence-electron chi connectivity index (χ4n) is 3.51. The molecule has 0 aliphatic heterocycles. The van der Waals surface area contributed by atoms with Crippen LogP contribution in [-0.2, 0) is 0 Å². The number of benzene rings is 4. The van der Waals surface area contributed by atoms with E-state index in [1.54, 1.807) is 0 Å². The standard InChI is InChI=1S/C24H15BrS/c25-18-12-9-16(10-13-18)19-5-1-2-6-20(19)17-11-14-22-21-7-3-4-8-23(21)26-24(22)15-17/h1-15H. The molecule has 1 aromatic heterocycles. The van der Waals surface area contributed by atoms with E-state index in [2.05, 4.69) is 107 Å². The highest BCUT2D eigenvalue weighted by molar-refractivity contribution is 9.10. The van der Waals surface area contributed by atoms with Crippen molar-refractivity contribution < 1.29 is 0 Å². The lowest BCUT2D eigenvalue weighted by Crippen LogP contribution is -1.84. The average molecular weight is 415 g/mol. The second kappa shape index (κ2) is 6.39. The first-order valence-corrected chi connectivity index (χ1v) is 10.2. The van der Waals surface area contributed by atoms with Gasteiger partial charge in [0.05, 0.1) is 0 Å². The minimum atomic E-state index is 1.10. The zero-order chi connectivity index (χ0) is 17.5. The summed E-state index contributed by atoms with van der Waals surface area (Å²) in [5.41, 5.74) is 5.04. The molecular formula is C24H15BrS. The van der Waals surface area contributed by atoms with Crippen LogP contribution >= 0.6 is 27.3 Å². The van der Waals surface area contributed by atoms with Gasteiger partial charge >= 0.3 is 0 Å². The Morgan fingerprint density at radius 3 is 1.96 bits per heavy atom. The number of hydrogen-bond acceptors (Lipinski definition) is 1. The van der Waals surface area contributed by atoms with Gasteiger partial charge in [-0.25, -0.2) is 0 Å². The molecule has 0 saturated carbocycles. The van der Waals surface area contributed by atoms with Gasteiger partial charge in [-0.05, 0) is 46.5 Å². The Bertz CT molecular complexity index is 1230. The van der Waals surface area contributed by atoms with Crippen molar-refractivity contribution >= 4 is 47.4 Å². The fraction of sp³-hybridized carbons (Fsp3) is 0. The Hall–Kier alpha value is -2.42. The van der Waals surface area contributed by atoms with Gasteiger partial charge in [0.25, 0.3) is 0 Å². The van der Waals surface area contributed by atoms with E-state index in [0.717, 1.165) is 4.47 Å². The first kappa shape index (κ1) is 15.8. The van der Waals surface area contributed by atoms with E-state index in [1.807, 2.05) is 11.3 Å². The predicted molar refractivity (Wildman–Crippen MR) is 118 cm³/mol. The average Bonchev–Trinajstić information content (AvgIpc) is 3.06. The lowest BCUT2D eigenvalue weighted by Gasteiger charge is -2.10. The molecule has 0 saturated heterocycles. The number of fused-ring (bicyclic) bond motifs is 3. The molecule has 0 nitrogen and oxygen atoms in total. The maximum Gasteiger partial charge on any atom is 0.0361 e. The molecule has 0 bridgehead atoms. The van der Waals surface area contributed by atoms with Gasteiger partial charge < -0.3 is 0 Å². The molecular weight excluding hydrogens is 400 g/mol. The molecule has 1 heterocycles. The zero-order valence-corrected chi connectivity index (χ0v) is 16.3. The maximum absolute atomic E-state index is 3.53. The molecule has 0 amide bonds. The third-order valence-electron chi connectivity index (χ3n) is 4.77. The summed E-state index contributed by atoms with van der Waals surface area (Å²) in [6, 6.07) is 32.7. The Morgan fingerprint density at radius 2 is 1.15 bits per heavy atom. The van der Waals surface area contributed by atoms with Crippen LogP contribution in [0.4, 0.5) is 0 Å². The second-order valence-corrected chi connectivity index (χ2v) is 8.36. The molecule has 26 heavy (non-hydrogen) atoms. The molecule has 0 aliphatic rings. The van der Waals surface area contributed by atoms with Gasteiger partial charge in [-0.15, -0.1) is 11.3 Å².